The molecule has 5 rings (SSSR count). The van der Waals surface area contributed by atoms with Gasteiger partial charge in [0.05, 0.1) is 21.6 Å². The third-order valence-corrected chi connectivity index (χ3v) is 8.47. The van der Waals surface area contributed by atoms with Gasteiger partial charge in [-0.05, 0) is 58.4 Å². The average Bonchev–Trinajstić information content (AvgIpc) is 3.49. The molecule has 0 spiro atoms. The van der Waals surface area contributed by atoms with Gasteiger partial charge in [0.2, 0.25) is 0 Å². The van der Waals surface area contributed by atoms with Crippen molar-refractivity contribution in [2.45, 2.75) is 38.5 Å². The number of aromatic nitrogens is 1. The molecule has 4 aromatic carbocycles. The third kappa shape index (κ3) is 9.46. The normalized spacial score (nSPS) is 12.3. The summed E-state index contributed by atoms with van der Waals surface area (Å²) in [5.74, 6) is -2.09. The van der Waals surface area contributed by atoms with Gasteiger partial charge in [-0.15, -0.1) is 0 Å². The van der Waals surface area contributed by atoms with Crippen LogP contribution in [0.1, 0.15) is 59.4 Å². The Morgan fingerprint density at radius 3 is 2.13 bits per heavy atom. The second-order valence-electron chi connectivity index (χ2n) is 12.2. The van der Waals surface area contributed by atoms with E-state index in [9.17, 15) is 26.5 Å². The number of rotatable bonds is 10. The van der Waals surface area contributed by atoms with Gasteiger partial charge in [0.15, 0.2) is 5.76 Å². The zero-order chi connectivity index (χ0) is 33.1. The molecule has 1 unspecified atom stereocenters. The maximum atomic E-state index is 14.3. The van der Waals surface area contributed by atoms with E-state index in [1.807, 2.05) is 18.2 Å². The number of hydrogen-bond acceptors (Lipinski definition) is 6. The first-order chi connectivity index (χ1) is 21.8. The van der Waals surface area contributed by atoms with Gasteiger partial charge in [-0.2, -0.15) is 0 Å². The molecule has 0 radical (unpaired) electrons. The van der Waals surface area contributed by atoms with Crippen molar-refractivity contribution in [1.82, 2.24) is 10.5 Å². The molecule has 1 N–H and O–H groups in total. The van der Waals surface area contributed by atoms with Gasteiger partial charge in [-0.1, -0.05) is 86.6 Å². The van der Waals surface area contributed by atoms with Crippen molar-refractivity contribution in [1.29, 1.82) is 0 Å². The van der Waals surface area contributed by atoms with E-state index in [-0.39, 0.29) is 47.4 Å². The topological polar surface area (TPSA) is 112 Å². The molecule has 0 saturated carbocycles. The van der Waals surface area contributed by atoms with Gasteiger partial charge in [0, 0.05) is 41.3 Å². The molecule has 0 aliphatic heterocycles. The molecule has 1 heterocycles. The summed E-state index contributed by atoms with van der Waals surface area (Å²) >= 11 is 0. The van der Waals surface area contributed by atoms with E-state index < -0.39 is 33.4 Å². The van der Waals surface area contributed by atoms with Crippen LogP contribution in [0.3, 0.4) is 0 Å². The minimum Gasteiger partial charge on any atom is -0.748 e. The van der Waals surface area contributed by atoms with Crippen LogP contribution < -0.4 is 34.9 Å². The molecular weight excluding hydrogens is 633 g/mol. The van der Waals surface area contributed by atoms with Crippen LogP contribution in [-0.4, -0.2) is 36.3 Å². The predicted molar refractivity (Wildman–Crippen MR) is 171 cm³/mol. The summed E-state index contributed by atoms with van der Waals surface area (Å²) in [4.78, 5) is 12.4. The van der Waals surface area contributed by atoms with Crippen molar-refractivity contribution in [2.75, 3.05) is 12.3 Å². The Morgan fingerprint density at radius 2 is 1.53 bits per heavy atom. The van der Waals surface area contributed by atoms with Gasteiger partial charge in [-0.25, -0.2) is 17.2 Å². The number of nitrogens with zero attached hydrogens (tertiary/aromatic N) is 1. The largest absolute Gasteiger partial charge is 1.00 e. The first-order valence-corrected chi connectivity index (χ1v) is 16.3. The van der Waals surface area contributed by atoms with E-state index in [1.165, 1.54) is 17.7 Å². The first kappa shape index (κ1) is 36.2. The first-order valence-electron chi connectivity index (χ1n) is 14.7. The van der Waals surface area contributed by atoms with E-state index in [4.69, 9.17) is 4.52 Å². The molecule has 0 aliphatic rings. The number of carbonyl (C=O) groups excluding carboxylic acids is 1. The molecule has 47 heavy (non-hydrogen) atoms. The fourth-order valence-corrected chi connectivity index (χ4v) is 5.51. The van der Waals surface area contributed by atoms with E-state index >= 15 is 0 Å². The Morgan fingerprint density at radius 1 is 0.894 bits per heavy atom. The third-order valence-electron chi connectivity index (χ3n) is 7.77. The van der Waals surface area contributed by atoms with Crippen LogP contribution in [0.5, 0.6) is 0 Å². The quantitative estimate of drug-likeness (QED) is 0.176. The second kappa shape index (κ2) is 15.0. The Balaban J connectivity index is 0.00000500. The standard InChI is InChI=1S/C36H34F2N2O5S.Na/c1-36(2,3)28-14-12-25(13-15-28)31(20-23-4-6-27(7-5-23)35(41)39-18-19-46(42,43)44)33-22-34(45-40-33)26-10-8-24(9-11-26)30-17-16-29(37)21-32(30)38;/h4-17,21-22,31H,18-20H2,1-3H3,(H,39,41)(H,42,43,44);/q;+1/p-1. The summed E-state index contributed by atoms with van der Waals surface area (Å²) in [5.41, 5.74) is 5.80. The van der Waals surface area contributed by atoms with Crippen LogP contribution in [-0.2, 0) is 22.0 Å². The van der Waals surface area contributed by atoms with E-state index in [0.717, 1.165) is 22.8 Å². The Labute approximate surface area is 295 Å². The summed E-state index contributed by atoms with van der Waals surface area (Å²) in [6, 6.07) is 27.8. The van der Waals surface area contributed by atoms with Gasteiger partial charge in [0.1, 0.15) is 11.6 Å². The van der Waals surface area contributed by atoms with Gasteiger partial charge >= 0.3 is 29.6 Å². The summed E-state index contributed by atoms with van der Waals surface area (Å²) in [5, 5.41) is 6.87. The molecule has 5 aromatic rings. The van der Waals surface area contributed by atoms with Crippen molar-refractivity contribution in [3.63, 3.8) is 0 Å². The molecule has 1 aromatic heterocycles. The zero-order valence-corrected chi connectivity index (χ0v) is 29.4. The average molecular weight is 667 g/mol. The number of halogens is 2. The Hall–Kier alpha value is -3.67. The van der Waals surface area contributed by atoms with Crippen molar-refractivity contribution < 1.29 is 60.6 Å². The van der Waals surface area contributed by atoms with Crippen LogP contribution in [0, 0.1) is 11.6 Å². The zero-order valence-electron chi connectivity index (χ0n) is 26.6. The van der Waals surface area contributed by atoms with E-state index in [1.54, 1.807) is 36.4 Å². The van der Waals surface area contributed by atoms with Crippen LogP contribution in [0.2, 0.25) is 0 Å². The maximum Gasteiger partial charge on any atom is 1.00 e. The molecule has 0 saturated heterocycles. The van der Waals surface area contributed by atoms with Crippen LogP contribution in [0.4, 0.5) is 8.78 Å². The van der Waals surface area contributed by atoms with Crippen LogP contribution >= 0.6 is 0 Å². The minimum absolute atomic E-state index is 0. The van der Waals surface area contributed by atoms with Gasteiger partial charge in [-0.3, -0.25) is 4.79 Å². The maximum absolute atomic E-state index is 14.3. The molecule has 1 amide bonds. The number of amides is 1. The van der Waals surface area contributed by atoms with Crippen molar-refractivity contribution in [3.05, 3.63) is 137 Å². The predicted octanol–water partition coefficient (Wildman–Crippen LogP) is 4.24. The Kier molecular flexibility index (Phi) is 11.6. The van der Waals surface area contributed by atoms with E-state index in [2.05, 4.69) is 55.5 Å². The molecule has 0 fully saturated rings. The minimum atomic E-state index is -4.42. The SMILES string of the molecule is CC(C)(C)c1ccc(C(Cc2ccc(C(=O)NCCS(=O)(=O)[O-])cc2)c2cc(-c3ccc(-c4ccc(F)cc4F)cc3)on2)cc1.[Na+]. The smallest absolute Gasteiger partial charge is 0.748 e. The van der Waals surface area contributed by atoms with Crippen LogP contribution in [0.15, 0.2) is 102 Å². The molecular formula is C36H33F2N2NaO5S. The number of nitrogens with one attached hydrogen (secondary N) is 1. The second-order valence-corrected chi connectivity index (χ2v) is 13.7. The Bertz CT molecular complexity index is 1940. The fraction of sp³-hybridized carbons (Fsp3) is 0.222. The van der Waals surface area contributed by atoms with Gasteiger partial charge in [0.25, 0.3) is 5.91 Å². The molecule has 11 heteroatoms. The fourth-order valence-electron chi connectivity index (χ4n) is 5.15. The molecule has 7 nitrogen and oxygen atoms in total. The summed E-state index contributed by atoms with van der Waals surface area (Å²) in [6.07, 6.45) is 0.542. The number of benzene rings is 4. The number of carbonyl (C=O) groups is 1. The molecule has 0 bridgehead atoms. The summed E-state index contributed by atoms with van der Waals surface area (Å²) in [7, 11) is -4.42. The van der Waals surface area contributed by atoms with Crippen molar-refractivity contribution in [3.8, 4) is 22.5 Å². The molecule has 1 atom stereocenters. The summed E-state index contributed by atoms with van der Waals surface area (Å²) < 4.78 is 65.9. The van der Waals surface area contributed by atoms with Crippen molar-refractivity contribution in [2.24, 2.45) is 0 Å². The van der Waals surface area contributed by atoms with E-state index in [0.29, 0.717) is 34.6 Å². The molecule has 0 aliphatic carbocycles. The summed E-state index contributed by atoms with van der Waals surface area (Å²) in [6.45, 7) is 6.18. The monoisotopic (exact) mass is 666 g/mol. The van der Waals surface area contributed by atoms with Crippen LogP contribution in [0.25, 0.3) is 22.5 Å². The number of hydrogen-bond donors (Lipinski definition) is 1. The van der Waals surface area contributed by atoms with Crippen molar-refractivity contribution >= 4 is 16.0 Å². The van der Waals surface area contributed by atoms with Gasteiger partial charge < -0.3 is 14.4 Å². The molecule has 238 valence electrons.